The predicted octanol–water partition coefficient (Wildman–Crippen LogP) is 2.96. The Balaban J connectivity index is 1.62. The number of hydrogen-bond acceptors (Lipinski definition) is 4. The molecule has 0 atom stereocenters. The second kappa shape index (κ2) is 6.88. The van der Waals surface area contributed by atoms with Crippen LogP contribution < -0.4 is 9.47 Å². The van der Waals surface area contributed by atoms with Gasteiger partial charge in [-0.2, -0.15) is 5.26 Å². The average Bonchev–Trinajstić information content (AvgIpc) is 3.08. The molecule has 1 amide bonds. The van der Waals surface area contributed by atoms with E-state index in [9.17, 15) is 4.79 Å². The Labute approximate surface area is 140 Å². The maximum absolute atomic E-state index is 12.2. The highest BCUT2D eigenvalue weighted by Gasteiger charge is 2.12. The van der Waals surface area contributed by atoms with E-state index in [1.165, 1.54) is 6.08 Å². The van der Waals surface area contributed by atoms with Gasteiger partial charge in [0, 0.05) is 19.7 Å². The first-order valence-electron chi connectivity index (χ1n) is 7.47. The molecule has 2 aromatic carbocycles. The van der Waals surface area contributed by atoms with Crippen molar-refractivity contribution in [2.75, 3.05) is 13.8 Å². The summed E-state index contributed by atoms with van der Waals surface area (Å²) in [7, 11) is 1.74. The van der Waals surface area contributed by atoms with Gasteiger partial charge in [-0.15, -0.1) is 0 Å². The van der Waals surface area contributed by atoms with E-state index >= 15 is 0 Å². The van der Waals surface area contributed by atoms with Gasteiger partial charge >= 0.3 is 0 Å². The van der Waals surface area contributed by atoms with Crippen LogP contribution in [0.2, 0.25) is 0 Å². The van der Waals surface area contributed by atoms with E-state index in [4.69, 9.17) is 14.7 Å². The maximum Gasteiger partial charge on any atom is 0.246 e. The van der Waals surface area contributed by atoms with Gasteiger partial charge in [-0.3, -0.25) is 4.79 Å². The third-order valence-corrected chi connectivity index (χ3v) is 3.69. The van der Waals surface area contributed by atoms with Crippen LogP contribution in [0.1, 0.15) is 16.7 Å². The fourth-order valence-electron chi connectivity index (χ4n) is 2.35. The molecule has 1 heterocycles. The number of benzene rings is 2. The van der Waals surface area contributed by atoms with Gasteiger partial charge in [0.15, 0.2) is 11.5 Å². The number of hydrogen-bond donors (Lipinski definition) is 0. The lowest BCUT2D eigenvalue weighted by Crippen LogP contribution is -2.24. The highest BCUT2D eigenvalue weighted by Crippen LogP contribution is 2.32. The summed E-state index contributed by atoms with van der Waals surface area (Å²) in [4.78, 5) is 13.8. The van der Waals surface area contributed by atoms with Crippen LogP contribution in [0.5, 0.6) is 11.5 Å². The molecule has 0 spiro atoms. The molecule has 1 aliphatic heterocycles. The minimum atomic E-state index is -0.1000. The molecule has 1 aliphatic rings. The first-order chi connectivity index (χ1) is 11.7. The van der Waals surface area contributed by atoms with Crippen LogP contribution in [0, 0.1) is 11.3 Å². The van der Waals surface area contributed by atoms with E-state index in [-0.39, 0.29) is 12.7 Å². The van der Waals surface area contributed by atoms with E-state index < -0.39 is 0 Å². The van der Waals surface area contributed by atoms with E-state index in [0.29, 0.717) is 17.9 Å². The lowest BCUT2D eigenvalue weighted by Gasteiger charge is -2.15. The zero-order valence-corrected chi connectivity index (χ0v) is 13.2. The highest BCUT2D eigenvalue weighted by atomic mass is 16.7. The Morgan fingerprint density at radius 3 is 2.71 bits per heavy atom. The van der Waals surface area contributed by atoms with Crippen molar-refractivity contribution >= 4 is 12.0 Å². The Morgan fingerprint density at radius 1 is 1.21 bits per heavy atom. The number of likely N-dealkylation sites (N-methyl/N-ethyl adjacent to an activating group) is 1. The Kier molecular flexibility index (Phi) is 4.48. The second-order valence-electron chi connectivity index (χ2n) is 5.45. The zero-order chi connectivity index (χ0) is 16.9. The highest BCUT2D eigenvalue weighted by molar-refractivity contribution is 5.91. The standard InChI is InChI=1S/C19H16N2O3/c1-21(12-16-4-2-15(11-20)3-5-16)19(22)9-7-14-6-8-17-18(10-14)24-13-23-17/h2-10H,12-13H2,1H3/b9-7+. The summed E-state index contributed by atoms with van der Waals surface area (Å²) < 4.78 is 10.6. The monoisotopic (exact) mass is 320 g/mol. The van der Waals surface area contributed by atoms with Gasteiger partial charge in [0.05, 0.1) is 11.6 Å². The van der Waals surface area contributed by atoms with Gasteiger partial charge in [0.25, 0.3) is 0 Å². The van der Waals surface area contributed by atoms with Crippen LogP contribution >= 0.6 is 0 Å². The predicted molar refractivity (Wildman–Crippen MR) is 89.2 cm³/mol. The maximum atomic E-state index is 12.2. The number of fused-ring (bicyclic) bond motifs is 1. The van der Waals surface area contributed by atoms with Gasteiger partial charge in [-0.1, -0.05) is 18.2 Å². The minimum absolute atomic E-state index is 0.1000. The molecule has 3 rings (SSSR count). The normalized spacial score (nSPS) is 12.2. The van der Waals surface area contributed by atoms with Crippen molar-refractivity contribution < 1.29 is 14.3 Å². The molecular weight excluding hydrogens is 304 g/mol. The van der Waals surface area contributed by atoms with Crippen LogP contribution in [0.25, 0.3) is 6.08 Å². The summed E-state index contributed by atoms with van der Waals surface area (Å²) in [5, 5.41) is 8.79. The number of nitriles is 1. The lowest BCUT2D eigenvalue weighted by atomic mass is 10.1. The Bertz CT molecular complexity index is 819. The van der Waals surface area contributed by atoms with E-state index in [1.54, 1.807) is 30.2 Å². The van der Waals surface area contributed by atoms with Crippen LogP contribution in [0.15, 0.2) is 48.5 Å². The molecule has 0 unspecified atom stereocenters. The molecule has 0 radical (unpaired) electrons. The zero-order valence-electron chi connectivity index (χ0n) is 13.2. The van der Waals surface area contributed by atoms with Crippen molar-refractivity contribution in [3.63, 3.8) is 0 Å². The number of rotatable bonds is 4. The van der Waals surface area contributed by atoms with E-state index in [2.05, 4.69) is 6.07 Å². The third kappa shape index (κ3) is 3.55. The smallest absolute Gasteiger partial charge is 0.246 e. The Hall–Kier alpha value is -3.26. The quantitative estimate of drug-likeness (QED) is 0.813. The van der Waals surface area contributed by atoms with Crippen molar-refractivity contribution in [3.05, 3.63) is 65.2 Å². The van der Waals surface area contributed by atoms with Crippen molar-refractivity contribution in [2.45, 2.75) is 6.54 Å². The van der Waals surface area contributed by atoms with Gasteiger partial charge in [-0.25, -0.2) is 0 Å². The fourth-order valence-corrected chi connectivity index (χ4v) is 2.35. The van der Waals surface area contributed by atoms with Crippen molar-refractivity contribution in [1.82, 2.24) is 4.90 Å². The van der Waals surface area contributed by atoms with Gasteiger partial charge in [0.1, 0.15) is 0 Å². The summed E-state index contributed by atoms with van der Waals surface area (Å²) in [6.45, 7) is 0.713. The van der Waals surface area contributed by atoms with E-state index in [0.717, 1.165) is 16.9 Å². The topological polar surface area (TPSA) is 62.6 Å². The van der Waals surface area contributed by atoms with E-state index in [1.807, 2.05) is 30.3 Å². The summed E-state index contributed by atoms with van der Waals surface area (Å²) >= 11 is 0. The molecule has 0 saturated heterocycles. The molecule has 0 saturated carbocycles. The fraction of sp³-hybridized carbons (Fsp3) is 0.158. The Morgan fingerprint density at radius 2 is 1.96 bits per heavy atom. The van der Waals surface area contributed by atoms with Crippen LogP contribution in [-0.4, -0.2) is 24.6 Å². The average molecular weight is 320 g/mol. The number of nitrogens with zero attached hydrogens (tertiary/aromatic N) is 2. The summed E-state index contributed by atoms with van der Waals surface area (Å²) in [6.07, 6.45) is 3.28. The molecule has 2 aromatic rings. The van der Waals surface area contributed by atoms with Gasteiger partial charge in [-0.05, 0) is 41.5 Å². The van der Waals surface area contributed by atoms with Gasteiger partial charge in [0.2, 0.25) is 12.7 Å². The van der Waals surface area contributed by atoms with Crippen molar-refractivity contribution in [1.29, 1.82) is 5.26 Å². The summed E-state index contributed by atoms with van der Waals surface area (Å²) in [6, 6.07) is 14.8. The molecular formula is C19H16N2O3. The minimum Gasteiger partial charge on any atom is -0.454 e. The summed E-state index contributed by atoms with van der Waals surface area (Å²) in [5.41, 5.74) is 2.45. The largest absolute Gasteiger partial charge is 0.454 e. The molecule has 0 fully saturated rings. The molecule has 120 valence electrons. The molecule has 5 nitrogen and oxygen atoms in total. The summed E-state index contributed by atoms with van der Waals surface area (Å²) in [5.74, 6) is 1.31. The van der Waals surface area contributed by atoms with Crippen molar-refractivity contribution in [3.8, 4) is 17.6 Å². The lowest BCUT2D eigenvalue weighted by molar-refractivity contribution is -0.125. The van der Waals surface area contributed by atoms with Crippen LogP contribution in [0.4, 0.5) is 0 Å². The van der Waals surface area contributed by atoms with Crippen molar-refractivity contribution in [2.24, 2.45) is 0 Å². The molecule has 0 aromatic heterocycles. The molecule has 0 aliphatic carbocycles. The number of amides is 1. The number of carbonyl (C=O) groups excluding carboxylic acids is 1. The van der Waals surface area contributed by atoms with Gasteiger partial charge < -0.3 is 14.4 Å². The second-order valence-corrected chi connectivity index (χ2v) is 5.45. The number of carbonyl (C=O) groups is 1. The molecule has 24 heavy (non-hydrogen) atoms. The first-order valence-corrected chi connectivity index (χ1v) is 7.47. The molecule has 0 bridgehead atoms. The molecule has 5 heteroatoms. The molecule has 0 N–H and O–H groups in total. The van der Waals surface area contributed by atoms with Crippen LogP contribution in [0.3, 0.4) is 0 Å². The first kappa shape index (κ1) is 15.6. The third-order valence-electron chi connectivity index (χ3n) is 3.69. The van der Waals surface area contributed by atoms with Crippen LogP contribution in [-0.2, 0) is 11.3 Å². The SMILES string of the molecule is CN(Cc1ccc(C#N)cc1)C(=O)/C=C/c1ccc2c(c1)OCO2. The number of ether oxygens (including phenoxy) is 2.